The number of fused-ring (bicyclic) bond motifs is 1. The van der Waals surface area contributed by atoms with Gasteiger partial charge in [0, 0.05) is 15.4 Å². The lowest BCUT2D eigenvalue weighted by Gasteiger charge is -2.09. The number of halogens is 2. The maximum Gasteiger partial charge on any atom is 0.286 e. The van der Waals surface area contributed by atoms with E-state index in [1.807, 2.05) is 18.2 Å². The normalized spacial score (nSPS) is 15.7. The highest BCUT2D eigenvalue weighted by atomic mass is 35.5. The Morgan fingerprint density at radius 3 is 2.55 bits per heavy atom. The van der Waals surface area contributed by atoms with Gasteiger partial charge in [-0.05, 0) is 47.0 Å². The molecule has 0 aromatic heterocycles. The first-order valence-electron chi connectivity index (χ1n) is 8.32. The number of amidine groups is 1. The molecule has 1 N–H and O–H groups in total. The molecule has 3 aromatic carbocycles. The number of hydrogen-bond acceptors (Lipinski definition) is 4. The van der Waals surface area contributed by atoms with Crippen molar-refractivity contribution in [1.82, 2.24) is 4.72 Å². The lowest BCUT2D eigenvalue weighted by Crippen LogP contribution is -2.27. The molecule has 29 heavy (non-hydrogen) atoms. The van der Waals surface area contributed by atoms with Gasteiger partial charge in [0.25, 0.3) is 15.9 Å². The zero-order valence-corrected chi connectivity index (χ0v) is 17.7. The second-order valence-electron chi connectivity index (χ2n) is 6.08. The van der Waals surface area contributed by atoms with Crippen LogP contribution in [-0.2, 0) is 14.8 Å². The minimum atomic E-state index is -3.93. The van der Waals surface area contributed by atoms with Gasteiger partial charge in [0.1, 0.15) is 0 Å². The number of nitrogens with one attached hydrogen (secondary N) is 1. The number of benzene rings is 3. The number of carbonyl (C=O) groups excluding carboxylic acids is 1. The topological polar surface area (TPSA) is 75.6 Å². The molecule has 9 heteroatoms. The van der Waals surface area contributed by atoms with Crippen molar-refractivity contribution >= 4 is 72.9 Å². The van der Waals surface area contributed by atoms with E-state index in [-0.39, 0.29) is 15.0 Å². The summed E-state index contributed by atoms with van der Waals surface area (Å²) in [7, 11) is -3.93. The van der Waals surface area contributed by atoms with Gasteiger partial charge in [-0.15, -0.1) is 0 Å². The zero-order valence-electron chi connectivity index (χ0n) is 14.6. The van der Waals surface area contributed by atoms with Gasteiger partial charge in [-0.1, -0.05) is 65.7 Å². The van der Waals surface area contributed by atoms with E-state index in [4.69, 9.17) is 23.2 Å². The lowest BCUT2D eigenvalue weighted by molar-refractivity contribution is -0.113. The Hall–Kier alpha value is -2.32. The molecular formula is C20H12Cl2N2O3S2. The molecule has 1 heterocycles. The van der Waals surface area contributed by atoms with Gasteiger partial charge < -0.3 is 0 Å². The molecule has 1 amide bonds. The average molecular weight is 463 g/mol. The fraction of sp³-hybridized carbons (Fsp3) is 0. The van der Waals surface area contributed by atoms with E-state index in [0.717, 1.165) is 17.1 Å². The summed E-state index contributed by atoms with van der Waals surface area (Å²) in [5.74, 6) is -0.545. The van der Waals surface area contributed by atoms with Gasteiger partial charge in [0.05, 0.1) is 9.80 Å². The van der Waals surface area contributed by atoms with Crippen LogP contribution in [0.4, 0.5) is 0 Å². The summed E-state index contributed by atoms with van der Waals surface area (Å²) in [6, 6.07) is 17.0. The number of amides is 1. The van der Waals surface area contributed by atoms with Crippen molar-refractivity contribution in [3.63, 3.8) is 0 Å². The van der Waals surface area contributed by atoms with E-state index in [1.165, 1.54) is 6.07 Å². The lowest BCUT2D eigenvalue weighted by atomic mass is 10.1. The molecule has 0 unspecified atom stereocenters. The van der Waals surface area contributed by atoms with Crippen LogP contribution in [0.1, 0.15) is 5.56 Å². The third-order valence-electron chi connectivity index (χ3n) is 4.13. The molecule has 0 radical (unpaired) electrons. The average Bonchev–Trinajstić information content (AvgIpc) is 3.01. The van der Waals surface area contributed by atoms with Crippen molar-refractivity contribution in [2.75, 3.05) is 0 Å². The van der Waals surface area contributed by atoms with Crippen LogP contribution in [0.5, 0.6) is 0 Å². The predicted molar refractivity (Wildman–Crippen MR) is 119 cm³/mol. The highest BCUT2D eigenvalue weighted by Gasteiger charge is 2.27. The molecule has 5 nitrogen and oxygen atoms in total. The van der Waals surface area contributed by atoms with Gasteiger partial charge in [-0.3, -0.25) is 9.52 Å². The van der Waals surface area contributed by atoms with Crippen molar-refractivity contribution in [1.29, 1.82) is 0 Å². The number of hydrogen-bond donors (Lipinski definition) is 1. The van der Waals surface area contributed by atoms with E-state index in [2.05, 4.69) is 9.71 Å². The first kappa shape index (κ1) is 20.0. The summed E-state index contributed by atoms with van der Waals surface area (Å²) in [6.45, 7) is 0. The Kier molecular flexibility index (Phi) is 5.40. The van der Waals surface area contributed by atoms with Gasteiger partial charge in [0.2, 0.25) is 0 Å². The smallest absolute Gasteiger partial charge is 0.266 e. The minimum absolute atomic E-state index is 0.0146. The second-order valence-corrected chi connectivity index (χ2v) is 9.61. The summed E-state index contributed by atoms with van der Waals surface area (Å²) in [5, 5.41) is 2.22. The summed E-state index contributed by atoms with van der Waals surface area (Å²) in [4.78, 5) is 16.4. The van der Waals surface area contributed by atoms with Crippen molar-refractivity contribution in [3.05, 3.63) is 81.2 Å². The molecule has 0 spiro atoms. The van der Waals surface area contributed by atoms with Crippen LogP contribution in [-0.4, -0.2) is 19.5 Å². The molecule has 0 bridgehead atoms. The molecule has 146 valence electrons. The van der Waals surface area contributed by atoms with Crippen molar-refractivity contribution in [2.45, 2.75) is 4.90 Å². The largest absolute Gasteiger partial charge is 0.286 e. The van der Waals surface area contributed by atoms with Crippen LogP contribution in [0.3, 0.4) is 0 Å². The second kappa shape index (κ2) is 7.84. The standard InChI is InChI=1S/C20H12Cl2N2O3S2/c21-14-9-8-13(16(22)11-14)10-17-19(25)23-20(28-17)24-29(26,27)18-7-3-5-12-4-1-2-6-15(12)18/h1-11H,(H,23,24,25)/b17-10-. The van der Waals surface area contributed by atoms with Crippen LogP contribution >= 0.6 is 35.0 Å². The van der Waals surface area contributed by atoms with Crippen molar-refractivity contribution in [2.24, 2.45) is 4.99 Å². The predicted octanol–water partition coefficient (Wildman–Crippen LogP) is 5.10. The third kappa shape index (κ3) is 4.18. The van der Waals surface area contributed by atoms with Crippen molar-refractivity contribution < 1.29 is 13.2 Å². The quantitative estimate of drug-likeness (QED) is 0.549. The number of nitrogens with zero attached hydrogens (tertiary/aromatic N) is 1. The summed E-state index contributed by atoms with van der Waals surface area (Å²) >= 11 is 12.9. The molecule has 0 saturated carbocycles. The molecule has 3 aromatic rings. The SMILES string of the molecule is O=C1N=C(NS(=O)(=O)c2cccc3ccccc23)S/C1=C\c1ccc(Cl)cc1Cl. The molecule has 0 atom stereocenters. The van der Waals surface area contributed by atoms with Gasteiger partial charge in [0.15, 0.2) is 5.17 Å². The molecule has 1 aliphatic rings. The number of thioether (sulfide) groups is 1. The van der Waals surface area contributed by atoms with Gasteiger partial charge in [-0.25, -0.2) is 8.42 Å². The Morgan fingerprint density at radius 2 is 1.76 bits per heavy atom. The fourth-order valence-corrected chi connectivity index (χ4v) is 5.55. The fourth-order valence-electron chi connectivity index (χ4n) is 2.81. The van der Waals surface area contributed by atoms with E-state index in [1.54, 1.807) is 42.5 Å². The van der Waals surface area contributed by atoms with Crippen LogP contribution in [0.15, 0.2) is 75.5 Å². The van der Waals surface area contributed by atoms with Crippen LogP contribution in [0.25, 0.3) is 16.8 Å². The van der Waals surface area contributed by atoms with E-state index < -0.39 is 15.9 Å². The Balaban J connectivity index is 1.61. The van der Waals surface area contributed by atoms with E-state index >= 15 is 0 Å². The molecule has 4 rings (SSSR count). The van der Waals surface area contributed by atoms with Crippen LogP contribution in [0.2, 0.25) is 10.0 Å². The molecule has 0 fully saturated rings. The zero-order chi connectivity index (χ0) is 20.6. The number of sulfonamides is 1. The number of aliphatic imine (C=N–C) groups is 1. The van der Waals surface area contributed by atoms with E-state index in [0.29, 0.717) is 21.0 Å². The summed E-state index contributed by atoms with van der Waals surface area (Å²) in [5.41, 5.74) is 0.584. The Bertz CT molecular complexity index is 1310. The third-order valence-corrected chi connectivity index (χ3v) is 7.12. The maximum absolute atomic E-state index is 12.9. The highest BCUT2D eigenvalue weighted by molar-refractivity contribution is 8.19. The molecule has 1 aliphatic heterocycles. The van der Waals surface area contributed by atoms with Crippen molar-refractivity contribution in [3.8, 4) is 0 Å². The summed E-state index contributed by atoms with van der Waals surface area (Å²) in [6.07, 6.45) is 1.55. The first-order valence-corrected chi connectivity index (χ1v) is 11.4. The minimum Gasteiger partial charge on any atom is -0.266 e. The molecule has 0 aliphatic carbocycles. The van der Waals surface area contributed by atoms with E-state index in [9.17, 15) is 13.2 Å². The molecular weight excluding hydrogens is 451 g/mol. The number of rotatable bonds is 3. The van der Waals surface area contributed by atoms with Crippen LogP contribution in [0, 0.1) is 0 Å². The highest BCUT2D eigenvalue weighted by Crippen LogP contribution is 2.31. The first-order chi connectivity index (χ1) is 13.8. The molecule has 0 saturated heterocycles. The number of carbonyl (C=O) groups is 1. The van der Waals surface area contributed by atoms with Gasteiger partial charge in [-0.2, -0.15) is 4.99 Å². The Labute approximate surface area is 181 Å². The summed E-state index contributed by atoms with van der Waals surface area (Å²) < 4.78 is 28.2. The monoisotopic (exact) mass is 462 g/mol. The van der Waals surface area contributed by atoms with Crippen LogP contribution < -0.4 is 4.72 Å². The Morgan fingerprint density at radius 1 is 1.00 bits per heavy atom. The van der Waals surface area contributed by atoms with Gasteiger partial charge >= 0.3 is 0 Å². The maximum atomic E-state index is 12.9.